The van der Waals surface area contributed by atoms with Crippen LogP contribution in [0.15, 0.2) is 60.7 Å². The van der Waals surface area contributed by atoms with E-state index in [1.165, 1.54) is 23.5 Å². The Hall–Kier alpha value is -2.95. The van der Waals surface area contributed by atoms with Crippen molar-refractivity contribution in [3.8, 4) is 0 Å². The van der Waals surface area contributed by atoms with E-state index in [1.54, 1.807) is 12.1 Å². The molecule has 0 fully saturated rings. The van der Waals surface area contributed by atoms with Crippen molar-refractivity contribution < 1.29 is 13.2 Å². The maximum Gasteiger partial charge on any atom is 0.416 e. The number of halogens is 3. The Morgan fingerprint density at radius 2 is 0.977 bits per heavy atom. The molecule has 0 saturated heterocycles. The summed E-state index contributed by atoms with van der Waals surface area (Å²) in [5.41, 5.74) is 6.11. The molecule has 2 nitrogen and oxygen atoms in total. The number of unbranched alkanes of at least 4 members (excludes halogenated alkanes) is 4. The summed E-state index contributed by atoms with van der Waals surface area (Å²) in [6.45, 7) is 17.0. The molecule has 3 aromatic carbocycles. The standard InChI is InChI=1S/C38H53F3N2/c1-7-11-23-42(24-12-8-2)35-21-19-31(27-29(35)5)37(33-17-15-16-18-34(33)38(39,40)41)32-20-22-36(30(6)28-32)43(25-13-9-3)26-14-10-4/h15-22,27-28,37H,7-14,23-26H2,1-6H3. The van der Waals surface area contributed by atoms with Gasteiger partial charge in [-0.3, -0.25) is 0 Å². The van der Waals surface area contributed by atoms with E-state index in [-0.39, 0.29) is 0 Å². The second-order valence-corrected chi connectivity index (χ2v) is 12.0. The van der Waals surface area contributed by atoms with Gasteiger partial charge in [-0.05, 0) is 85.5 Å². The van der Waals surface area contributed by atoms with Crippen molar-refractivity contribution in [2.24, 2.45) is 0 Å². The molecule has 0 spiro atoms. The van der Waals surface area contributed by atoms with Crippen LogP contribution in [-0.2, 0) is 6.18 Å². The number of hydrogen-bond donors (Lipinski definition) is 0. The Labute approximate surface area is 259 Å². The molecule has 43 heavy (non-hydrogen) atoms. The second kappa shape index (κ2) is 16.8. The molecule has 3 aromatic rings. The largest absolute Gasteiger partial charge is 0.416 e. The zero-order valence-electron chi connectivity index (χ0n) is 27.4. The van der Waals surface area contributed by atoms with Gasteiger partial charge in [0.2, 0.25) is 0 Å². The maximum atomic E-state index is 14.4. The molecular weight excluding hydrogens is 541 g/mol. The molecule has 0 bridgehead atoms. The molecule has 0 aliphatic heterocycles. The first-order valence-electron chi connectivity index (χ1n) is 16.5. The minimum atomic E-state index is -4.44. The minimum absolute atomic E-state index is 0.303. The van der Waals surface area contributed by atoms with Gasteiger partial charge in [0.25, 0.3) is 0 Å². The van der Waals surface area contributed by atoms with Crippen molar-refractivity contribution in [1.29, 1.82) is 0 Å². The van der Waals surface area contributed by atoms with E-state index in [0.29, 0.717) is 5.56 Å². The number of rotatable bonds is 17. The van der Waals surface area contributed by atoms with E-state index in [2.05, 4.69) is 87.7 Å². The van der Waals surface area contributed by atoms with Crippen LogP contribution < -0.4 is 9.80 Å². The third-order valence-corrected chi connectivity index (χ3v) is 8.49. The Morgan fingerprint density at radius 1 is 0.581 bits per heavy atom. The molecule has 3 rings (SSSR count). The molecule has 0 atom stereocenters. The van der Waals surface area contributed by atoms with Gasteiger partial charge >= 0.3 is 6.18 Å². The first kappa shape index (κ1) is 34.5. The lowest BCUT2D eigenvalue weighted by Gasteiger charge is -2.30. The van der Waals surface area contributed by atoms with Crippen LogP contribution in [0.1, 0.15) is 118 Å². The number of alkyl halides is 3. The van der Waals surface area contributed by atoms with Crippen LogP contribution in [0.4, 0.5) is 24.5 Å². The molecule has 0 amide bonds. The summed E-state index contributed by atoms with van der Waals surface area (Å²) < 4.78 is 43.2. The van der Waals surface area contributed by atoms with E-state index in [1.807, 2.05) is 0 Å². The van der Waals surface area contributed by atoms with Crippen LogP contribution in [0.25, 0.3) is 0 Å². The lowest BCUT2D eigenvalue weighted by atomic mass is 9.81. The molecule has 5 heteroatoms. The van der Waals surface area contributed by atoms with Gasteiger partial charge in [-0.25, -0.2) is 0 Å². The highest BCUT2D eigenvalue weighted by atomic mass is 19.4. The van der Waals surface area contributed by atoms with Gasteiger partial charge in [0.05, 0.1) is 5.56 Å². The quantitative estimate of drug-likeness (QED) is 0.143. The monoisotopic (exact) mass is 594 g/mol. The summed E-state index contributed by atoms with van der Waals surface area (Å²) >= 11 is 0. The van der Waals surface area contributed by atoms with Crippen molar-refractivity contribution in [1.82, 2.24) is 0 Å². The Kier molecular flexibility index (Phi) is 13.5. The molecule has 0 heterocycles. The van der Waals surface area contributed by atoms with Gasteiger partial charge in [0.1, 0.15) is 0 Å². The van der Waals surface area contributed by atoms with Crippen molar-refractivity contribution in [3.63, 3.8) is 0 Å². The van der Waals surface area contributed by atoms with E-state index in [0.717, 1.165) is 99.8 Å². The molecule has 0 saturated carbocycles. The lowest BCUT2D eigenvalue weighted by Crippen LogP contribution is -2.26. The Balaban J connectivity index is 2.15. The smallest absolute Gasteiger partial charge is 0.371 e. The molecule has 0 unspecified atom stereocenters. The highest BCUT2D eigenvalue weighted by Gasteiger charge is 2.36. The van der Waals surface area contributed by atoms with E-state index in [4.69, 9.17) is 0 Å². The van der Waals surface area contributed by atoms with Gasteiger partial charge in [-0.15, -0.1) is 0 Å². The molecular formula is C38H53F3N2. The predicted molar refractivity (Wildman–Crippen MR) is 179 cm³/mol. The number of anilines is 2. The van der Waals surface area contributed by atoms with Gasteiger partial charge in [-0.2, -0.15) is 13.2 Å². The zero-order chi connectivity index (χ0) is 31.4. The van der Waals surface area contributed by atoms with E-state index >= 15 is 0 Å². The highest BCUT2D eigenvalue weighted by molar-refractivity contribution is 5.60. The molecule has 0 aliphatic rings. The third-order valence-electron chi connectivity index (χ3n) is 8.49. The fourth-order valence-electron chi connectivity index (χ4n) is 6.09. The first-order valence-corrected chi connectivity index (χ1v) is 16.5. The topological polar surface area (TPSA) is 6.48 Å². The molecule has 236 valence electrons. The third kappa shape index (κ3) is 9.27. The first-order chi connectivity index (χ1) is 20.7. The summed E-state index contributed by atoms with van der Waals surface area (Å²) in [5.74, 6) is -0.530. The van der Waals surface area contributed by atoms with Gasteiger partial charge in [-0.1, -0.05) is 95.8 Å². The lowest BCUT2D eigenvalue weighted by molar-refractivity contribution is -0.138. The Morgan fingerprint density at radius 3 is 1.33 bits per heavy atom. The molecule has 0 aliphatic carbocycles. The zero-order valence-corrected chi connectivity index (χ0v) is 27.4. The van der Waals surface area contributed by atoms with E-state index in [9.17, 15) is 13.2 Å². The summed E-state index contributed by atoms with van der Waals surface area (Å²) in [6.07, 6.45) is 4.53. The summed E-state index contributed by atoms with van der Waals surface area (Å²) in [7, 11) is 0. The fraction of sp³-hybridized carbons (Fsp3) is 0.526. The fourth-order valence-corrected chi connectivity index (χ4v) is 6.09. The van der Waals surface area contributed by atoms with Crippen LogP contribution in [0.3, 0.4) is 0 Å². The minimum Gasteiger partial charge on any atom is -0.371 e. The molecule has 0 N–H and O–H groups in total. The van der Waals surface area contributed by atoms with Crippen LogP contribution in [0.2, 0.25) is 0 Å². The van der Waals surface area contributed by atoms with Crippen molar-refractivity contribution in [2.75, 3.05) is 36.0 Å². The van der Waals surface area contributed by atoms with Crippen molar-refractivity contribution in [2.45, 2.75) is 105 Å². The van der Waals surface area contributed by atoms with Crippen LogP contribution >= 0.6 is 0 Å². The van der Waals surface area contributed by atoms with Crippen molar-refractivity contribution in [3.05, 3.63) is 94.0 Å². The van der Waals surface area contributed by atoms with Gasteiger partial charge in [0.15, 0.2) is 0 Å². The molecule has 0 radical (unpaired) electrons. The summed E-state index contributed by atoms with van der Waals surface area (Å²) in [5, 5.41) is 0. The number of aryl methyl sites for hydroxylation is 2. The predicted octanol–water partition coefficient (Wildman–Crippen LogP) is 11.3. The molecule has 0 aromatic heterocycles. The number of benzene rings is 3. The highest BCUT2D eigenvalue weighted by Crippen LogP contribution is 2.42. The van der Waals surface area contributed by atoms with Crippen LogP contribution in [0, 0.1) is 13.8 Å². The Bertz CT molecular complexity index is 1180. The average Bonchev–Trinajstić information content (AvgIpc) is 2.98. The number of nitrogens with zero attached hydrogens (tertiary/aromatic N) is 2. The van der Waals surface area contributed by atoms with Crippen molar-refractivity contribution >= 4 is 11.4 Å². The number of hydrogen-bond acceptors (Lipinski definition) is 2. The summed E-state index contributed by atoms with van der Waals surface area (Å²) in [4.78, 5) is 4.90. The summed E-state index contributed by atoms with van der Waals surface area (Å²) in [6, 6.07) is 18.7. The van der Waals surface area contributed by atoms with E-state index < -0.39 is 17.7 Å². The maximum absolute atomic E-state index is 14.4. The second-order valence-electron chi connectivity index (χ2n) is 12.0. The van der Waals surface area contributed by atoms with Crippen LogP contribution in [0.5, 0.6) is 0 Å². The normalized spacial score (nSPS) is 11.8. The van der Waals surface area contributed by atoms with Crippen LogP contribution in [-0.4, -0.2) is 26.2 Å². The van der Waals surface area contributed by atoms with Gasteiger partial charge < -0.3 is 9.80 Å². The average molecular weight is 595 g/mol. The van der Waals surface area contributed by atoms with Gasteiger partial charge in [0, 0.05) is 43.5 Å². The SMILES string of the molecule is CCCCN(CCCC)c1ccc(C(c2ccc(N(CCCC)CCCC)c(C)c2)c2ccccc2C(F)(F)F)cc1C.